The average molecular weight is 726 g/mol. The Labute approximate surface area is 310 Å². The first-order valence-electron chi connectivity index (χ1n) is 18.1. The van der Waals surface area contributed by atoms with Crippen LogP contribution in [0, 0.1) is 19.7 Å². The van der Waals surface area contributed by atoms with E-state index in [1.54, 1.807) is 30.3 Å². The van der Waals surface area contributed by atoms with Crippen LogP contribution in [-0.4, -0.2) is 102 Å². The highest BCUT2D eigenvalue weighted by molar-refractivity contribution is 6.06. The molecule has 2 aliphatic heterocycles. The fourth-order valence-corrected chi connectivity index (χ4v) is 6.56. The molecule has 0 aliphatic carbocycles. The van der Waals surface area contributed by atoms with Crippen LogP contribution in [0.15, 0.2) is 60.8 Å². The number of amides is 2. The fourth-order valence-electron chi connectivity index (χ4n) is 6.56. The van der Waals surface area contributed by atoms with Gasteiger partial charge in [-0.15, -0.1) is 0 Å². The average Bonchev–Trinajstić information content (AvgIpc) is 3.70. The zero-order valence-electron chi connectivity index (χ0n) is 31.1. The Morgan fingerprint density at radius 1 is 0.906 bits per heavy atom. The van der Waals surface area contributed by atoms with Crippen LogP contribution in [0.5, 0.6) is 23.1 Å². The fraction of sp³-hybridized carbons (Fsp3) is 0.400. The standard InChI is InChI=1S/C40H48FN7O5/c1-26(2)47-19-17-46(18-20-47)21-22-52-33-14-12-30(24-32(33)41)43-40-42-25-31(37(49)44-36-27(3)9-8-10-28(36)4)38(45-40)53-34-13-11-29(23-35(34)51-5)39(50)48-15-6-7-16-48/h8-14,23-26H,6-7,15-22H2,1-5H3,(H,44,49)(H,42,43,45). The monoisotopic (exact) mass is 725 g/mol. The third-order valence-corrected chi connectivity index (χ3v) is 9.72. The van der Waals surface area contributed by atoms with E-state index >= 15 is 4.39 Å². The molecule has 6 rings (SSSR count). The van der Waals surface area contributed by atoms with E-state index in [0.717, 1.165) is 50.1 Å². The van der Waals surface area contributed by atoms with Crippen molar-refractivity contribution in [3.63, 3.8) is 0 Å². The molecule has 2 N–H and O–H groups in total. The van der Waals surface area contributed by atoms with Gasteiger partial charge in [0.2, 0.25) is 11.8 Å². The summed E-state index contributed by atoms with van der Waals surface area (Å²) in [5, 5.41) is 5.98. The summed E-state index contributed by atoms with van der Waals surface area (Å²) in [6.45, 7) is 14.7. The van der Waals surface area contributed by atoms with Crippen LogP contribution < -0.4 is 24.8 Å². The summed E-state index contributed by atoms with van der Waals surface area (Å²) in [5.41, 5.74) is 3.34. The molecule has 4 aromatic rings. The van der Waals surface area contributed by atoms with Gasteiger partial charge in [0.05, 0.1) is 7.11 Å². The van der Waals surface area contributed by atoms with Crippen molar-refractivity contribution in [2.45, 2.75) is 46.6 Å². The van der Waals surface area contributed by atoms with Crippen LogP contribution in [0.25, 0.3) is 0 Å². The summed E-state index contributed by atoms with van der Waals surface area (Å²) < 4.78 is 32.8. The number of methoxy groups -OCH3 is 1. The lowest BCUT2D eigenvalue weighted by atomic mass is 10.1. The zero-order valence-corrected chi connectivity index (χ0v) is 31.1. The van der Waals surface area contributed by atoms with Crippen molar-refractivity contribution < 1.29 is 28.2 Å². The van der Waals surface area contributed by atoms with Gasteiger partial charge in [-0.05, 0) is 82.0 Å². The van der Waals surface area contributed by atoms with Gasteiger partial charge in [-0.25, -0.2) is 9.37 Å². The van der Waals surface area contributed by atoms with E-state index in [2.05, 4.69) is 44.2 Å². The van der Waals surface area contributed by atoms with Crippen molar-refractivity contribution >= 4 is 29.1 Å². The lowest BCUT2D eigenvalue weighted by Crippen LogP contribution is -2.49. The van der Waals surface area contributed by atoms with Gasteiger partial charge in [0, 0.05) is 81.1 Å². The number of nitrogens with one attached hydrogen (secondary N) is 2. The number of anilines is 3. The predicted octanol–water partition coefficient (Wildman–Crippen LogP) is 6.67. The summed E-state index contributed by atoms with van der Waals surface area (Å²) in [7, 11) is 1.48. The van der Waals surface area contributed by atoms with Crippen LogP contribution in [0.1, 0.15) is 58.5 Å². The van der Waals surface area contributed by atoms with E-state index in [4.69, 9.17) is 14.2 Å². The van der Waals surface area contributed by atoms with Crippen molar-refractivity contribution in [2.24, 2.45) is 0 Å². The maximum atomic E-state index is 15.2. The number of aromatic nitrogens is 2. The van der Waals surface area contributed by atoms with Gasteiger partial charge < -0.3 is 29.7 Å². The van der Waals surface area contributed by atoms with Gasteiger partial charge in [-0.3, -0.25) is 19.4 Å². The molecule has 2 amide bonds. The van der Waals surface area contributed by atoms with Gasteiger partial charge in [0.1, 0.15) is 12.2 Å². The Hall–Kier alpha value is -5.27. The van der Waals surface area contributed by atoms with E-state index in [9.17, 15) is 9.59 Å². The number of rotatable bonds is 13. The second-order valence-corrected chi connectivity index (χ2v) is 13.7. The number of para-hydroxylation sites is 1. The van der Waals surface area contributed by atoms with Gasteiger partial charge in [-0.2, -0.15) is 4.98 Å². The third kappa shape index (κ3) is 9.21. The summed E-state index contributed by atoms with van der Waals surface area (Å²) in [5.74, 6) is -0.427. The summed E-state index contributed by atoms with van der Waals surface area (Å²) in [4.78, 5) is 42.3. The molecule has 0 radical (unpaired) electrons. The van der Waals surface area contributed by atoms with E-state index in [1.807, 2.05) is 36.9 Å². The first kappa shape index (κ1) is 37.5. The number of ether oxygens (including phenoxy) is 3. The number of nitrogens with zero attached hydrogens (tertiary/aromatic N) is 5. The lowest BCUT2D eigenvalue weighted by Gasteiger charge is -2.36. The molecule has 0 unspecified atom stereocenters. The Morgan fingerprint density at radius 2 is 1.62 bits per heavy atom. The highest BCUT2D eigenvalue weighted by Crippen LogP contribution is 2.35. The summed E-state index contributed by atoms with van der Waals surface area (Å²) in [6, 6.07) is 15.7. The molecule has 53 heavy (non-hydrogen) atoms. The van der Waals surface area contributed by atoms with Crippen molar-refractivity contribution in [1.29, 1.82) is 0 Å². The quantitative estimate of drug-likeness (QED) is 0.155. The van der Waals surface area contributed by atoms with Crippen molar-refractivity contribution in [2.75, 3.05) is 70.2 Å². The predicted molar refractivity (Wildman–Crippen MR) is 202 cm³/mol. The normalized spacial score (nSPS) is 15.0. The van der Waals surface area contributed by atoms with Crippen molar-refractivity contribution in [3.8, 4) is 23.1 Å². The van der Waals surface area contributed by atoms with Gasteiger partial charge in [0.15, 0.2) is 23.1 Å². The molecule has 0 spiro atoms. The van der Waals surface area contributed by atoms with Crippen LogP contribution >= 0.6 is 0 Å². The number of hydrogen-bond donors (Lipinski definition) is 2. The molecule has 0 atom stereocenters. The molecule has 0 saturated carbocycles. The molecular formula is C40H48FN7O5. The first-order valence-corrected chi connectivity index (χ1v) is 18.1. The number of carbonyl (C=O) groups is 2. The minimum absolute atomic E-state index is 0.0537. The van der Waals surface area contributed by atoms with Crippen molar-refractivity contribution in [1.82, 2.24) is 24.7 Å². The highest BCUT2D eigenvalue weighted by atomic mass is 19.1. The largest absolute Gasteiger partial charge is 0.493 e. The molecule has 3 aromatic carbocycles. The summed E-state index contributed by atoms with van der Waals surface area (Å²) in [6.07, 6.45) is 3.30. The molecule has 1 aromatic heterocycles. The van der Waals surface area contributed by atoms with E-state index in [0.29, 0.717) is 55.0 Å². The number of hydrogen-bond acceptors (Lipinski definition) is 10. The number of benzene rings is 3. The topological polar surface area (TPSA) is 121 Å². The first-order chi connectivity index (χ1) is 25.6. The third-order valence-electron chi connectivity index (χ3n) is 9.72. The number of piperazine rings is 1. The maximum Gasteiger partial charge on any atom is 0.262 e. The molecule has 2 fully saturated rings. The second kappa shape index (κ2) is 17.0. The number of carbonyl (C=O) groups excluding carboxylic acids is 2. The molecule has 280 valence electrons. The Kier molecular flexibility index (Phi) is 12.1. The number of aryl methyl sites for hydroxylation is 2. The van der Waals surface area contributed by atoms with Gasteiger partial charge in [-0.1, -0.05) is 18.2 Å². The smallest absolute Gasteiger partial charge is 0.262 e. The van der Waals surface area contributed by atoms with E-state index in [-0.39, 0.29) is 34.8 Å². The lowest BCUT2D eigenvalue weighted by molar-refractivity contribution is 0.0792. The second-order valence-electron chi connectivity index (χ2n) is 13.7. The van der Waals surface area contributed by atoms with E-state index < -0.39 is 11.7 Å². The molecule has 0 bridgehead atoms. The van der Waals surface area contributed by atoms with Gasteiger partial charge >= 0.3 is 0 Å². The van der Waals surface area contributed by atoms with Crippen LogP contribution in [0.2, 0.25) is 0 Å². The molecule has 2 aliphatic rings. The Morgan fingerprint density at radius 3 is 2.30 bits per heavy atom. The molecule has 13 heteroatoms. The van der Waals surface area contributed by atoms with E-state index in [1.165, 1.54) is 19.4 Å². The highest BCUT2D eigenvalue weighted by Gasteiger charge is 2.24. The van der Waals surface area contributed by atoms with Crippen LogP contribution in [0.4, 0.5) is 21.7 Å². The van der Waals surface area contributed by atoms with Crippen LogP contribution in [-0.2, 0) is 0 Å². The minimum atomic E-state index is -0.533. The SMILES string of the molecule is COc1cc(C(=O)N2CCCC2)ccc1Oc1nc(Nc2ccc(OCCN3CCN(C(C)C)CC3)c(F)c2)ncc1C(=O)Nc1c(C)cccc1C. The minimum Gasteiger partial charge on any atom is -0.493 e. The molecular weight excluding hydrogens is 677 g/mol. The van der Waals surface area contributed by atoms with Gasteiger partial charge in [0.25, 0.3) is 11.8 Å². The maximum absolute atomic E-state index is 15.2. The Balaban J connectivity index is 1.20. The molecule has 3 heterocycles. The molecule has 2 saturated heterocycles. The Bertz CT molecular complexity index is 1910. The number of halogens is 1. The number of likely N-dealkylation sites (tertiary alicyclic amines) is 1. The molecule has 12 nitrogen and oxygen atoms in total. The summed E-state index contributed by atoms with van der Waals surface area (Å²) >= 11 is 0. The zero-order chi connectivity index (χ0) is 37.5. The van der Waals surface area contributed by atoms with Crippen LogP contribution in [0.3, 0.4) is 0 Å². The van der Waals surface area contributed by atoms with Crippen molar-refractivity contribution in [3.05, 3.63) is 88.9 Å².